The van der Waals surface area contributed by atoms with Crippen LogP contribution in [0, 0.1) is 0 Å². The molecule has 3 N–H and O–H groups in total. The van der Waals surface area contributed by atoms with E-state index in [1.165, 1.54) is 115 Å². The van der Waals surface area contributed by atoms with Crippen LogP contribution in [0.5, 0.6) is 0 Å². The minimum absolute atomic E-state index is 0.00669. The number of hydrogen-bond donors (Lipinski definition) is 3. The molecule has 9 aromatic heterocycles. The number of pyridine rings is 3. The van der Waals surface area contributed by atoms with E-state index in [4.69, 9.17) is 4.74 Å². The molecule has 12 rings (SSSR count). The van der Waals surface area contributed by atoms with Crippen molar-refractivity contribution in [1.29, 1.82) is 0 Å². The van der Waals surface area contributed by atoms with Crippen molar-refractivity contribution in [3.8, 4) is 33.8 Å². The van der Waals surface area contributed by atoms with E-state index in [2.05, 4.69) is 95.8 Å². The molecule has 0 saturated carbocycles. The van der Waals surface area contributed by atoms with Gasteiger partial charge in [-0.15, -0.1) is 34.0 Å². The maximum Gasteiger partial charge on any atom is 0.283 e. The van der Waals surface area contributed by atoms with Crippen LogP contribution in [0.25, 0.3) is 66.9 Å². The standard InChI is InChI=1S/C21H27N5OS.C21H26N4OS.C20H24N4O2S/c1-3-4-5-6-15-11-16-17(13-23-19(16)22-12-15)18-14-28-20(24-18)21(27)26-9-7-25(2)8-10-26;1-2-3-5-8-15-11-16-17(13-23-19(16)22-12-15)18-14-27-20(24-18)21(26)25-9-6-4-7-10-25;1-2-3-4-5-14-10-15-16(12-22-18(15)21-11-14)17-13-27-19(23-17)20(25)24-6-8-26-9-7-24/h11-14H,3-10H2,1-2H3,(H,22,23);11-14H,2-10H2,1H3,(H,22,23);10-13H,2-9H2,1H3,(H,21,22). The summed E-state index contributed by atoms with van der Waals surface area (Å²) in [5.74, 6) is 0.111. The molecule has 82 heavy (non-hydrogen) atoms. The van der Waals surface area contributed by atoms with Crippen LogP contribution in [0.15, 0.2) is 71.5 Å². The molecule has 12 heterocycles. The maximum absolute atomic E-state index is 12.8. The number of carbonyl (C=O) groups is 3. The van der Waals surface area contributed by atoms with E-state index in [0.29, 0.717) is 41.3 Å². The van der Waals surface area contributed by atoms with Crippen molar-refractivity contribution < 1.29 is 19.1 Å². The number of likely N-dealkylation sites (N-methyl/N-ethyl adjacent to an activating group) is 1. The molecule has 0 aromatic carbocycles. The summed E-state index contributed by atoms with van der Waals surface area (Å²) >= 11 is 4.27. The number of aromatic nitrogens is 9. The molecule has 0 radical (unpaired) electrons. The summed E-state index contributed by atoms with van der Waals surface area (Å²) in [6.07, 6.45) is 29.2. The van der Waals surface area contributed by atoms with Crippen LogP contribution in [0.4, 0.5) is 0 Å². The number of thiazole rings is 3. The van der Waals surface area contributed by atoms with Gasteiger partial charge in [0.25, 0.3) is 17.7 Å². The fourth-order valence-electron chi connectivity index (χ4n) is 10.7. The lowest BCUT2D eigenvalue weighted by Gasteiger charge is -2.31. The highest BCUT2D eigenvalue weighted by molar-refractivity contribution is 7.12. The number of morpholine rings is 1. The first-order valence-electron chi connectivity index (χ1n) is 29.6. The van der Waals surface area contributed by atoms with E-state index in [-0.39, 0.29) is 17.7 Å². The van der Waals surface area contributed by atoms with E-state index < -0.39 is 0 Å². The van der Waals surface area contributed by atoms with Gasteiger partial charge in [-0.3, -0.25) is 14.4 Å². The molecular weight excluding hydrogens is 1090 g/mol. The first kappa shape index (κ1) is 58.5. The number of fused-ring (bicyclic) bond motifs is 3. The Kier molecular flexibility index (Phi) is 20.3. The van der Waals surface area contributed by atoms with Crippen molar-refractivity contribution in [1.82, 2.24) is 64.5 Å². The minimum Gasteiger partial charge on any atom is -0.378 e. The fraction of sp³-hybridized carbons (Fsp3) is 0.468. The summed E-state index contributed by atoms with van der Waals surface area (Å²) in [5.41, 5.74) is 12.0. The van der Waals surface area contributed by atoms with Gasteiger partial charge in [-0.05, 0) is 99.7 Å². The largest absolute Gasteiger partial charge is 0.378 e. The first-order valence-corrected chi connectivity index (χ1v) is 32.2. The highest BCUT2D eigenvalue weighted by Gasteiger charge is 2.26. The van der Waals surface area contributed by atoms with Crippen molar-refractivity contribution in [2.75, 3.05) is 72.6 Å². The molecule has 0 atom stereocenters. The van der Waals surface area contributed by atoms with Crippen LogP contribution >= 0.6 is 34.0 Å². The number of unbranched alkanes of at least 4 members (excludes halogenated alkanes) is 6. The molecule has 17 nitrogen and oxygen atoms in total. The molecule has 0 bridgehead atoms. The monoisotopic (exact) mass is 1160 g/mol. The number of rotatable bonds is 18. The Bertz CT molecular complexity index is 3380. The van der Waals surface area contributed by atoms with Gasteiger partial charge in [0.1, 0.15) is 16.9 Å². The number of aryl methyl sites for hydroxylation is 3. The zero-order chi connectivity index (χ0) is 56.8. The number of hydrogen-bond acceptors (Lipinski definition) is 14. The number of piperazine rings is 1. The molecular formula is C62H77N13O4S3. The highest BCUT2D eigenvalue weighted by Crippen LogP contribution is 2.34. The van der Waals surface area contributed by atoms with Crippen molar-refractivity contribution in [3.63, 3.8) is 0 Å². The van der Waals surface area contributed by atoms with Crippen LogP contribution in [0.2, 0.25) is 0 Å². The van der Waals surface area contributed by atoms with E-state index in [1.807, 2.05) is 68.0 Å². The zero-order valence-corrected chi connectivity index (χ0v) is 50.4. The average molecular weight is 1160 g/mol. The minimum atomic E-state index is -0.00669. The van der Waals surface area contributed by atoms with E-state index in [1.54, 1.807) is 0 Å². The van der Waals surface area contributed by atoms with Crippen LogP contribution < -0.4 is 0 Å². The third kappa shape index (κ3) is 14.4. The van der Waals surface area contributed by atoms with E-state index in [0.717, 1.165) is 138 Å². The van der Waals surface area contributed by atoms with Crippen molar-refractivity contribution in [3.05, 3.63) is 103 Å². The molecule has 0 unspecified atom stereocenters. The molecule has 9 aromatic rings. The number of piperidine rings is 1. The number of carbonyl (C=O) groups excluding carboxylic acids is 3. The van der Waals surface area contributed by atoms with Gasteiger partial charge in [0.15, 0.2) is 15.0 Å². The number of nitrogens with zero attached hydrogens (tertiary/aromatic N) is 10. The van der Waals surface area contributed by atoms with Crippen molar-refractivity contribution in [2.45, 2.75) is 117 Å². The second-order valence-electron chi connectivity index (χ2n) is 21.7. The molecule has 20 heteroatoms. The van der Waals surface area contributed by atoms with E-state index >= 15 is 0 Å². The molecule has 432 valence electrons. The summed E-state index contributed by atoms with van der Waals surface area (Å²) in [7, 11) is 2.09. The Hall–Kier alpha value is -6.71. The number of ether oxygens (including phenoxy) is 1. The predicted molar refractivity (Wildman–Crippen MR) is 331 cm³/mol. The SMILES string of the molecule is CCCCCc1cnc2[nH]cc(-c3csc(C(=O)N4CCCCC4)n3)c2c1.CCCCCc1cnc2[nH]cc(-c3csc(C(=O)N4CCN(C)CC4)n3)c2c1.CCCCCc1cnc2[nH]cc(-c3csc(C(=O)N4CCOCC4)n3)c2c1. The molecule has 0 spiro atoms. The van der Waals surface area contributed by atoms with Gasteiger partial charge in [-0.25, -0.2) is 29.9 Å². The third-order valence-electron chi connectivity index (χ3n) is 15.6. The Morgan fingerprint density at radius 3 is 1.20 bits per heavy atom. The number of likely N-dealkylation sites (tertiary alicyclic amines) is 1. The lowest BCUT2D eigenvalue weighted by Crippen LogP contribution is -2.47. The number of amides is 3. The lowest BCUT2D eigenvalue weighted by atomic mass is 10.1. The van der Waals surface area contributed by atoms with Gasteiger partial charge in [-0.2, -0.15) is 0 Å². The van der Waals surface area contributed by atoms with Crippen LogP contribution in [0.3, 0.4) is 0 Å². The summed E-state index contributed by atoms with van der Waals surface area (Å²) < 4.78 is 5.32. The smallest absolute Gasteiger partial charge is 0.283 e. The van der Waals surface area contributed by atoms with Gasteiger partial charge < -0.3 is 39.3 Å². The second-order valence-corrected chi connectivity index (χ2v) is 24.2. The van der Waals surface area contributed by atoms with Gasteiger partial charge in [0.05, 0.1) is 30.3 Å². The average Bonchev–Trinajstić information content (AvgIpc) is 4.49. The molecule has 3 aliphatic rings. The van der Waals surface area contributed by atoms with Gasteiger partial charge in [0.2, 0.25) is 0 Å². The van der Waals surface area contributed by atoms with Crippen LogP contribution in [-0.2, 0) is 24.0 Å². The third-order valence-corrected chi connectivity index (χ3v) is 18.1. The number of aromatic amines is 3. The van der Waals surface area contributed by atoms with Gasteiger partial charge in [0, 0.05) is 139 Å². The molecule has 3 saturated heterocycles. The fourth-order valence-corrected chi connectivity index (χ4v) is 13.0. The quantitative estimate of drug-likeness (QED) is 0.0691. The summed E-state index contributed by atoms with van der Waals surface area (Å²) in [4.78, 5) is 83.4. The molecule has 3 amide bonds. The van der Waals surface area contributed by atoms with Gasteiger partial charge in [-0.1, -0.05) is 59.3 Å². The second kappa shape index (κ2) is 28.5. The summed E-state index contributed by atoms with van der Waals surface area (Å²) in [5, 5.41) is 10.9. The Morgan fingerprint density at radius 1 is 0.476 bits per heavy atom. The van der Waals surface area contributed by atoms with Gasteiger partial charge >= 0.3 is 0 Å². The molecule has 3 aliphatic heterocycles. The van der Waals surface area contributed by atoms with E-state index in [9.17, 15) is 14.4 Å². The lowest BCUT2D eigenvalue weighted by molar-refractivity contribution is 0.0302. The normalized spacial score (nSPS) is 15.0. The van der Waals surface area contributed by atoms with Crippen LogP contribution in [-0.4, -0.2) is 155 Å². The molecule has 0 aliphatic carbocycles. The Balaban J connectivity index is 0.000000138. The van der Waals surface area contributed by atoms with Crippen LogP contribution in [0.1, 0.15) is 144 Å². The Morgan fingerprint density at radius 2 is 0.829 bits per heavy atom. The first-order chi connectivity index (χ1) is 40.2. The maximum atomic E-state index is 12.8. The highest BCUT2D eigenvalue weighted by atomic mass is 32.1. The van der Waals surface area contributed by atoms with Crippen molar-refractivity contribution >= 4 is 84.8 Å². The summed E-state index contributed by atoms with van der Waals surface area (Å²) in [6.45, 7) is 14.2. The zero-order valence-electron chi connectivity index (χ0n) is 47.9. The Labute approximate surface area is 492 Å². The number of nitrogens with one attached hydrogen (secondary N) is 3. The van der Waals surface area contributed by atoms with Crippen molar-refractivity contribution in [2.24, 2.45) is 0 Å². The number of H-pyrrole nitrogens is 3. The topological polar surface area (TPSA) is 198 Å². The summed E-state index contributed by atoms with van der Waals surface area (Å²) in [6, 6.07) is 6.63. The predicted octanol–water partition coefficient (Wildman–Crippen LogP) is 12.7. The molecule has 3 fully saturated rings.